The first-order chi connectivity index (χ1) is 12.9. The Kier molecular flexibility index (Phi) is 6.88. The highest BCUT2D eigenvalue weighted by atomic mass is 79.9. The zero-order valence-corrected chi connectivity index (χ0v) is 17.5. The van der Waals surface area contributed by atoms with Crippen LogP contribution >= 0.6 is 27.5 Å². The molecule has 0 bridgehead atoms. The van der Waals surface area contributed by atoms with Gasteiger partial charge in [-0.1, -0.05) is 39.7 Å². The van der Waals surface area contributed by atoms with Crippen LogP contribution in [0.2, 0.25) is 5.02 Å². The van der Waals surface area contributed by atoms with E-state index >= 15 is 0 Å². The summed E-state index contributed by atoms with van der Waals surface area (Å²) >= 11 is 9.36. The van der Waals surface area contributed by atoms with E-state index in [0.29, 0.717) is 30.8 Å². The molecule has 1 aliphatic rings. The fourth-order valence-corrected chi connectivity index (χ4v) is 5.07. The molecule has 1 saturated heterocycles. The van der Waals surface area contributed by atoms with Crippen molar-refractivity contribution in [2.24, 2.45) is 0 Å². The van der Waals surface area contributed by atoms with Crippen LogP contribution in [-0.4, -0.2) is 46.2 Å². The number of hydrogen-bond donors (Lipinski definition) is 1. The van der Waals surface area contributed by atoms with Gasteiger partial charge in [-0.2, -0.15) is 0 Å². The Morgan fingerprint density at radius 1 is 1.19 bits per heavy atom. The summed E-state index contributed by atoms with van der Waals surface area (Å²) in [5.41, 5.74) is 0.836. The topological polar surface area (TPSA) is 58.6 Å². The van der Waals surface area contributed by atoms with Crippen molar-refractivity contribution in [2.75, 3.05) is 32.8 Å². The maximum Gasteiger partial charge on any atom is 0.242 e. The maximum atomic E-state index is 13.3. The van der Waals surface area contributed by atoms with E-state index in [1.807, 2.05) is 0 Å². The molecule has 1 atom stereocenters. The summed E-state index contributed by atoms with van der Waals surface area (Å²) in [6, 6.07) is 10.5. The Morgan fingerprint density at radius 2 is 1.85 bits per heavy atom. The molecular formula is C18H19BrClFN2O3S. The minimum atomic E-state index is -3.79. The van der Waals surface area contributed by atoms with Gasteiger partial charge in [0.1, 0.15) is 10.7 Å². The van der Waals surface area contributed by atoms with Crippen LogP contribution in [0.25, 0.3) is 0 Å². The number of morpholine rings is 1. The summed E-state index contributed by atoms with van der Waals surface area (Å²) in [5, 5.41) is 0.140. The first kappa shape index (κ1) is 20.7. The largest absolute Gasteiger partial charge is 0.379 e. The van der Waals surface area contributed by atoms with Gasteiger partial charge >= 0.3 is 0 Å². The van der Waals surface area contributed by atoms with Gasteiger partial charge in [0.05, 0.1) is 18.2 Å². The number of nitrogens with one attached hydrogen (secondary N) is 1. The average Bonchev–Trinajstić information content (AvgIpc) is 2.64. The van der Waals surface area contributed by atoms with Crippen LogP contribution in [0.4, 0.5) is 4.39 Å². The van der Waals surface area contributed by atoms with Crippen LogP contribution in [0, 0.1) is 5.82 Å². The van der Waals surface area contributed by atoms with Crippen molar-refractivity contribution >= 4 is 37.6 Å². The second kappa shape index (κ2) is 8.98. The smallest absolute Gasteiger partial charge is 0.242 e. The van der Waals surface area contributed by atoms with Gasteiger partial charge in [-0.25, -0.2) is 17.5 Å². The molecule has 2 aromatic rings. The molecule has 1 N–H and O–H groups in total. The van der Waals surface area contributed by atoms with Crippen molar-refractivity contribution in [1.29, 1.82) is 0 Å². The molecule has 0 aromatic heterocycles. The number of sulfonamides is 1. The lowest BCUT2D eigenvalue weighted by molar-refractivity contribution is 0.0172. The monoisotopic (exact) mass is 476 g/mol. The molecule has 9 heteroatoms. The fraction of sp³-hybridized carbons (Fsp3) is 0.333. The zero-order valence-electron chi connectivity index (χ0n) is 14.4. The van der Waals surface area contributed by atoms with Crippen molar-refractivity contribution in [2.45, 2.75) is 10.9 Å². The molecule has 27 heavy (non-hydrogen) atoms. The Bertz CT molecular complexity index is 890. The first-order valence-corrected chi connectivity index (χ1v) is 11.0. The second-order valence-electron chi connectivity index (χ2n) is 6.14. The van der Waals surface area contributed by atoms with Gasteiger partial charge in [-0.05, 0) is 35.9 Å². The Balaban J connectivity index is 1.82. The number of nitrogens with zero attached hydrogens (tertiary/aromatic N) is 1. The van der Waals surface area contributed by atoms with Gasteiger partial charge in [0.15, 0.2) is 0 Å². The van der Waals surface area contributed by atoms with Gasteiger partial charge in [-0.3, -0.25) is 4.90 Å². The minimum Gasteiger partial charge on any atom is -0.379 e. The van der Waals surface area contributed by atoms with E-state index in [1.165, 1.54) is 24.3 Å². The minimum absolute atomic E-state index is 0.0206. The van der Waals surface area contributed by atoms with Crippen LogP contribution in [0.3, 0.4) is 0 Å². The Morgan fingerprint density at radius 3 is 2.48 bits per heavy atom. The molecule has 0 aliphatic carbocycles. The molecule has 0 amide bonds. The molecule has 2 aromatic carbocycles. The molecule has 3 rings (SSSR count). The molecule has 1 unspecified atom stereocenters. The molecule has 0 spiro atoms. The SMILES string of the molecule is O=S(=O)(NCC(c1ccc(F)cc1)N1CCOCC1)c1ccc(Br)cc1Cl. The van der Waals surface area contributed by atoms with Crippen LogP contribution in [0.1, 0.15) is 11.6 Å². The van der Waals surface area contributed by atoms with Gasteiger partial charge in [0, 0.05) is 30.1 Å². The third kappa shape index (κ3) is 5.28. The lowest BCUT2D eigenvalue weighted by Crippen LogP contribution is -2.43. The van der Waals surface area contributed by atoms with E-state index in [9.17, 15) is 12.8 Å². The number of benzene rings is 2. The molecule has 0 saturated carbocycles. The third-order valence-corrected chi connectivity index (χ3v) is 6.79. The number of hydrogen-bond acceptors (Lipinski definition) is 4. The van der Waals surface area contributed by atoms with E-state index in [0.717, 1.165) is 5.56 Å². The van der Waals surface area contributed by atoms with E-state index in [4.69, 9.17) is 16.3 Å². The summed E-state index contributed by atoms with van der Waals surface area (Å²) in [4.78, 5) is 2.15. The van der Waals surface area contributed by atoms with Gasteiger partial charge in [0.2, 0.25) is 10.0 Å². The lowest BCUT2D eigenvalue weighted by atomic mass is 10.0. The first-order valence-electron chi connectivity index (χ1n) is 8.39. The van der Waals surface area contributed by atoms with Crippen molar-refractivity contribution in [3.05, 3.63) is 63.3 Å². The second-order valence-corrected chi connectivity index (χ2v) is 9.20. The van der Waals surface area contributed by atoms with E-state index in [1.54, 1.807) is 18.2 Å². The summed E-state index contributed by atoms with van der Waals surface area (Å²) < 4.78 is 47.5. The average molecular weight is 478 g/mol. The Hall–Kier alpha value is -1.03. The van der Waals surface area contributed by atoms with E-state index in [2.05, 4.69) is 25.6 Å². The molecule has 1 heterocycles. The van der Waals surface area contributed by atoms with Gasteiger partial charge < -0.3 is 4.74 Å². The van der Waals surface area contributed by atoms with Crippen LogP contribution in [0.5, 0.6) is 0 Å². The van der Waals surface area contributed by atoms with E-state index < -0.39 is 10.0 Å². The third-order valence-electron chi connectivity index (χ3n) is 4.39. The van der Waals surface area contributed by atoms with Crippen molar-refractivity contribution < 1.29 is 17.5 Å². The molecule has 5 nitrogen and oxygen atoms in total. The van der Waals surface area contributed by atoms with Crippen molar-refractivity contribution in [3.63, 3.8) is 0 Å². The standard InChI is InChI=1S/C18H19BrClFN2O3S/c19-14-3-6-18(16(20)11-14)27(24,25)22-12-17(23-7-9-26-10-8-23)13-1-4-15(21)5-2-13/h1-6,11,17,22H,7-10,12H2. The van der Waals surface area contributed by atoms with Gasteiger partial charge in [-0.15, -0.1) is 0 Å². The number of halogens is 3. The van der Waals surface area contributed by atoms with Crippen LogP contribution < -0.4 is 4.72 Å². The predicted octanol–water partition coefficient (Wildman–Crippen LogP) is 3.59. The summed E-state index contributed by atoms with van der Waals surface area (Å²) in [6.07, 6.45) is 0. The highest BCUT2D eigenvalue weighted by molar-refractivity contribution is 9.10. The van der Waals surface area contributed by atoms with Crippen molar-refractivity contribution in [3.8, 4) is 0 Å². The van der Waals surface area contributed by atoms with Crippen LogP contribution in [0.15, 0.2) is 51.8 Å². The van der Waals surface area contributed by atoms with E-state index in [-0.39, 0.29) is 28.3 Å². The summed E-state index contributed by atoms with van der Waals surface area (Å²) in [7, 11) is -3.79. The predicted molar refractivity (Wildman–Crippen MR) is 106 cm³/mol. The maximum absolute atomic E-state index is 13.3. The summed E-state index contributed by atoms with van der Waals surface area (Å²) in [5.74, 6) is -0.332. The summed E-state index contributed by atoms with van der Waals surface area (Å²) in [6.45, 7) is 2.62. The lowest BCUT2D eigenvalue weighted by Gasteiger charge is -2.35. The Labute approximate surface area is 171 Å². The van der Waals surface area contributed by atoms with Gasteiger partial charge in [0.25, 0.3) is 0 Å². The molecule has 1 aliphatic heterocycles. The number of ether oxygens (including phenoxy) is 1. The molecule has 146 valence electrons. The quantitative estimate of drug-likeness (QED) is 0.691. The molecular weight excluding hydrogens is 459 g/mol. The highest BCUT2D eigenvalue weighted by Crippen LogP contribution is 2.26. The van der Waals surface area contributed by atoms with Crippen LogP contribution in [-0.2, 0) is 14.8 Å². The van der Waals surface area contributed by atoms with Crippen molar-refractivity contribution in [1.82, 2.24) is 9.62 Å². The zero-order chi connectivity index (χ0) is 19.4. The normalized spacial score (nSPS) is 17.0. The molecule has 0 radical (unpaired) electrons. The highest BCUT2D eigenvalue weighted by Gasteiger charge is 2.26. The number of rotatable bonds is 6. The fourth-order valence-electron chi connectivity index (χ4n) is 2.99. The molecule has 1 fully saturated rings.